The van der Waals surface area contributed by atoms with Crippen molar-refractivity contribution in [1.82, 2.24) is 0 Å². The molecule has 0 amide bonds. The highest BCUT2D eigenvalue weighted by Crippen LogP contribution is 2.26. The molecule has 106 valence electrons. The van der Waals surface area contributed by atoms with Gasteiger partial charge in [-0.2, -0.15) is 0 Å². The van der Waals surface area contributed by atoms with Crippen LogP contribution in [0.2, 0.25) is 5.02 Å². The van der Waals surface area contributed by atoms with Gasteiger partial charge in [0.2, 0.25) is 10.0 Å². The summed E-state index contributed by atoms with van der Waals surface area (Å²) in [5.41, 5.74) is -0.278. The Kier molecular flexibility index (Phi) is 5.13. The molecule has 0 aromatic heterocycles. The number of hydrogen-bond donors (Lipinski definition) is 0. The van der Waals surface area contributed by atoms with Crippen molar-refractivity contribution in [3.63, 3.8) is 0 Å². The lowest BCUT2D eigenvalue weighted by Gasteiger charge is -2.23. The number of sulfonamides is 1. The van der Waals surface area contributed by atoms with Crippen LogP contribution in [0.5, 0.6) is 0 Å². The first-order valence-electron chi connectivity index (χ1n) is 5.34. The summed E-state index contributed by atoms with van der Waals surface area (Å²) in [5, 5.41) is 0.164. The Morgan fingerprint density at radius 1 is 1.47 bits per heavy atom. The molecule has 0 saturated heterocycles. The third kappa shape index (κ3) is 3.81. The van der Waals surface area contributed by atoms with Crippen LogP contribution in [0, 0.1) is 5.82 Å². The molecule has 0 bridgehead atoms. The number of esters is 1. The van der Waals surface area contributed by atoms with Crippen LogP contribution in [-0.4, -0.2) is 33.8 Å². The van der Waals surface area contributed by atoms with Gasteiger partial charge in [0.05, 0.1) is 18.6 Å². The smallest absolute Gasteiger partial charge is 0.326 e. The molecular weight excluding hydrogens is 297 g/mol. The number of carbonyl (C=O) groups excluding carboxylic acids is 1. The van der Waals surface area contributed by atoms with Crippen molar-refractivity contribution in [2.24, 2.45) is 0 Å². The van der Waals surface area contributed by atoms with E-state index < -0.39 is 28.4 Å². The predicted octanol–water partition coefficient (Wildman–Crippen LogP) is 1.81. The fraction of sp³-hybridized carbons (Fsp3) is 0.364. The molecule has 19 heavy (non-hydrogen) atoms. The number of benzene rings is 1. The standard InChI is InChI=1S/C11H13ClFNO4S/c1-3-19(16,17)14(7-11(15)18-2)10-6-8(12)4-5-9(10)13/h4-6H,3,7H2,1-2H3. The van der Waals surface area contributed by atoms with Crippen molar-refractivity contribution in [2.45, 2.75) is 6.92 Å². The van der Waals surface area contributed by atoms with Crippen molar-refractivity contribution in [3.05, 3.63) is 29.0 Å². The minimum absolute atomic E-state index is 0.164. The molecule has 0 radical (unpaired) electrons. The lowest BCUT2D eigenvalue weighted by Crippen LogP contribution is -2.37. The number of halogens is 2. The number of ether oxygens (including phenoxy) is 1. The second kappa shape index (κ2) is 6.21. The summed E-state index contributed by atoms with van der Waals surface area (Å²) in [5.74, 6) is -1.86. The molecular formula is C11H13ClFNO4S. The number of nitrogens with zero attached hydrogens (tertiary/aromatic N) is 1. The summed E-state index contributed by atoms with van der Waals surface area (Å²) in [6.07, 6.45) is 0. The van der Waals surface area contributed by atoms with Crippen molar-refractivity contribution < 1.29 is 22.3 Å². The fourth-order valence-corrected chi connectivity index (χ4v) is 2.57. The van der Waals surface area contributed by atoms with E-state index in [1.54, 1.807) is 0 Å². The summed E-state index contributed by atoms with van der Waals surface area (Å²) in [6.45, 7) is 0.784. The summed E-state index contributed by atoms with van der Waals surface area (Å²) < 4.78 is 42.6. The zero-order valence-electron chi connectivity index (χ0n) is 10.4. The maximum absolute atomic E-state index is 13.7. The van der Waals surface area contributed by atoms with Crippen molar-refractivity contribution >= 4 is 33.3 Å². The lowest BCUT2D eigenvalue weighted by molar-refractivity contribution is -0.138. The van der Waals surface area contributed by atoms with Crippen LogP contribution < -0.4 is 4.31 Å². The van der Waals surface area contributed by atoms with Crippen molar-refractivity contribution in [2.75, 3.05) is 23.7 Å². The molecule has 0 fully saturated rings. The van der Waals surface area contributed by atoms with Crippen LogP contribution in [0.3, 0.4) is 0 Å². The Morgan fingerprint density at radius 3 is 2.63 bits per heavy atom. The minimum Gasteiger partial charge on any atom is -0.468 e. The Balaban J connectivity index is 3.31. The van der Waals surface area contributed by atoms with Gasteiger partial charge in [0.15, 0.2) is 0 Å². The molecule has 0 aliphatic carbocycles. The van der Waals surface area contributed by atoms with Gasteiger partial charge < -0.3 is 4.74 Å². The molecule has 0 aliphatic heterocycles. The Bertz CT molecular complexity index is 576. The van der Waals surface area contributed by atoms with Gasteiger partial charge in [-0.3, -0.25) is 9.10 Å². The molecule has 1 aromatic carbocycles. The van der Waals surface area contributed by atoms with E-state index in [1.165, 1.54) is 13.0 Å². The zero-order chi connectivity index (χ0) is 14.6. The van der Waals surface area contributed by atoms with Crippen LogP contribution in [0.15, 0.2) is 18.2 Å². The molecule has 1 rings (SSSR count). The molecule has 0 aliphatic rings. The number of rotatable bonds is 5. The summed E-state index contributed by atoms with van der Waals surface area (Å²) in [4.78, 5) is 11.3. The molecule has 0 spiro atoms. The van der Waals surface area contributed by atoms with Crippen LogP contribution in [0.1, 0.15) is 6.92 Å². The van der Waals surface area contributed by atoms with Gasteiger partial charge in [0.1, 0.15) is 12.4 Å². The lowest BCUT2D eigenvalue weighted by atomic mass is 10.3. The third-order valence-corrected chi connectivity index (χ3v) is 4.34. The van der Waals surface area contributed by atoms with Gasteiger partial charge >= 0.3 is 5.97 Å². The quantitative estimate of drug-likeness (QED) is 0.778. The third-order valence-electron chi connectivity index (χ3n) is 2.38. The Hall–Kier alpha value is -1.34. The minimum atomic E-state index is -3.82. The monoisotopic (exact) mass is 309 g/mol. The Labute approximate surface area is 116 Å². The van der Waals surface area contributed by atoms with E-state index in [9.17, 15) is 17.6 Å². The van der Waals surface area contributed by atoms with Gasteiger partial charge in [-0.25, -0.2) is 12.8 Å². The second-order valence-corrected chi connectivity index (χ2v) is 6.20. The molecule has 0 atom stereocenters. The number of hydrogen-bond acceptors (Lipinski definition) is 4. The van der Waals surface area contributed by atoms with Crippen molar-refractivity contribution in [3.8, 4) is 0 Å². The molecule has 1 aromatic rings. The molecule has 0 heterocycles. The van der Waals surface area contributed by atoms with E-state index >= 15 is 0 Å². The maximum Gasteiger partial charge on any atom is 0.326 e. The normalized spacial score (nSPS) is 11.2. The van der Waals surface area contributed by atoms with Gasteiger partial charge in [-0.05, 0) is 25.1 Å². The first kappa shape index (κ1) is 15.7. The maximum atomic E-state index is 13.7. The average molecular weight is 310 g/mol. The second-order valence-electron chi connectivity index (χ2n) is 3.58. The first-order valence-corrected chi connectivity index (χ1v) is 7.32. The fourth-order valence-electron chi connectivity index (χ4n) is 1.35. The van der Waals surface area contributed by atoms with Gasteiger partial charge in [-0.15, -0.1) is 0 Å². The average Bonchev–Trinajstić information content (AvgIpc) is 2.38. The highest BCUT2D eigenvalue weighted by molar-refractivity contribution is 7.92. The van der Waals surface area contributed by atoms with E-state index in [-0.39, 0.29) is 16.5 Å². The van der Waals surface area contributed by atoms with Gasteiger partial charge in [0.25, 0.3) is 0 Å². The first-order chi connectivity index (χ1) is 8.81. The highest BCUT2D eigenvalue weighted by Gasteiger charge is 2.26. The SMILES string of the molecule is CCS(=O)(=O)N(CC(=O)OC)c1cc(Cl)ccc1F. The summed E-state index contributed by atoms with van der Waals surface area (Å²) in [7, 11) is -2.71. The van der Waals surface area contributed by atoms with E-state index in [2.05, 4.69) is 4.74 Å². The topological polar surface area (TPSA) is 63.7 Å². The molecule has 0 N–H and O–H groups in total. The highest BCUT2D eigenvalue weighted by atomic mass is 35.5. The van der Waals surface area contributed by atoms with Crippen LogP contribution in [-0.2, 0) is 19.6 Å². The van der Waals surface area contributed by atoms with Gasteiger partial charge in [-0.1, -0.05) is 11.6 Å². The van der Waals surface area contributed by atoms with Crippen LogP contribution in [0.4, 0.5) is 10.1 Å². The molecule has 0 saturated carbocycles. The largest absolute Gasteiger partial charge is 0.468 e. The Morgan fingerprint density at radius 2 is 2.11 bits per heavy atom. The summed E-state index contributed by atoms with van der Waals surface area (Å²) in [6, 6.07) is 3.47. The van der Waals surface area contributed by atoms with E-state index in [0.29, 0.717) is 4.31 Å². The predicted molar refractivity (Wildman–Crippen MR) is 70.2 cm³/mol. The number of methoxy groups -OCH3 is 1. The number of anilines is 1. The molecule has 5 nitrogen and oxygen atoms in total. The zero-order valence-corrected chi connectivity index (χ0v) is 12.0. The van der Waals surface area contributed by atoms with Crippen LogP contribution >= 0.6 is 11.6 Å². The van der Waals surface area contributed by atoms with Crippen LogP contribution in [0.25, 0.3) is 0 Å². The van der Waals surface area contributed by atoms with E-state index in [0.717, 1.165) is 19.2 Å². The number of carbonyl (C=O) groups is 1. The van der Waals surface area contributed by atoms with Gasteiger partial charge in [0, 0.05) is 5.02 Å². The summed E-state index contributed by atoms with van der Waals surface area (Å²) >= 11 is 5.72. The van der Waals surface area contributed by atoms with E-state index in [1.807, 2.05) is 0 Å². The molecule has 0 unspecified atom stereocenters. The molecule has 8 heteroatoms. The van der Waals surface area contributed by atoms with Crippen molar-refractivity contribution in [1.29, 1.82) is 0 Å². The van der Waals surface area contributed by atoms with E-state index in [4.69, 9.17) is 11.6 Å².